The molecule has 0 saturated heterocycles. The van der Waals surface area contributed by atoms with Crippen LogP contribution in [-0.2, 0) is 13.3 Å². The van der Waals surface area contributed by atoms with E-state index in [0.29, 0.717) is 6.54 Å². The minimum Gasteiger partial charge on any atom is -0.371 e. The van der Waals surface area contributed by atoms with Crippen LogP contribution in [-0.4, -0.2) is 33.7 Å². The second kappa shape index (κ2) is 7.48. The molecule has 0 heterocycles. The Balaban J connectivity index is 5.04. The van der Waals surface area contributed by atoms with Gasteiger partial charge in [-0.25, -0.2) is 0 Å². The highest BCUT2D eigenvalue weighted by molar-refractivity contribution is 6.62. The van der Waals surface area contributed by atoms with E-state index in [-0.39, 0.29) is 23.9 Å². The van der Waals surface area contributed by atoms with Crippen LogP contribution < -0.4 is 5.73 Å². The van der Waals surface area contributed by atoms with Gasteiger partial charge in [0, 0.05) is 23.9 Å². The van der Waals surface area contributed by atoms with Gasteiger partial charge in [0.1, 0.15) is 0 Å². The summed E-state index contributed by atoms with van der Waals surface area (Å²) < 4.78 is 18.1. The zero-order valence-corrected chi connectivity index (χ0v) is 13.3. The maximum Gasteiger partial charge on any atom is 0.505 e. The van der Waals surface area contributed by atoms with Gasteiger partial charge in [0.05, 0.1) is 0 Å². The Morgan fingerprint density at radius 1 is 0.765 bits per heavy atom. The molecule has 1 atom stereocenters. The molecule has 4 nitrogen and oxygen atoms in total. The standard InChI is InChI=1S/C12H29NO3Si/c1-9(2)14-17(12(7)8-13,15-10(3)4)16-11(5)6/h9-12H,8,13H2,1-7H3. The molecule has 0 spiro atoms. The first kappa shape index (κ1) is 17.1. The van der Waals surface area contributed by atoms with Crippen molar-refractivity contribution in [1.29, 1.82) is 0 Å². The van der Waals surface area contributed by atoms with E-state index >= 15 is 0 Å². The van der Waals surface area contributed by atoms with E-state index in [4.69, 9.17) is 19.0 Å². The number of rotatable bonds is 8. The first-order chi connectivity index (χ1) is 7.73. The molecular weight excluding hydrogens is 234 g/mol. The summed E-state index contributed by atoms with van der Waals surface area (Å²) in [5.41, 5.74) is 5.89. The SMILES string of the molecule is CC(C)O[Si](OC(C)C)(OC(C)C)C(C)CN. The van der Waals surface area contributed by atoms with Crippen LogP contribution in [0, 0.1) is 0 Å². The zero-order chi connectivity index (χ0) is 13.6. The van der Waals surface area contributed by atoms with Crippen molar-refractivity contribution in [3.63, 3.8) is 0 Å². The quantitative estimate of drug-likeness (QED) is 0.684. The first-order valence-electron chi connectivity index (χ1n) is 6.47. The molecule has 1 unspecified atom stereocenters. The predicted octanol–water partition coefficient (Wildman–Crippen LogP) is 2.55. The van der Waals surface area contributed by atoms with E-state index in [0.717, 1.165) is 0 Å². The average Bonchev–Trinajstić information content (AvgIpc) is 2.12. The van der Waals surface area contributed by atoms with Crippen LogP contribution in [0.5, 0.6) is 0 Å². The maximum absolute atomic E-state index is 6.03. The fourth-order valence-corrected chi connectivity index (χ4v) is 4.69. The fraction of sp³-hybridized carbons (Fsp3) is 1.00. The summed E-state index contributed by atoms with van der Waals surface area (Å²) in [7, 11) is -2.71. The van der Waals surface area contributed by atoms with Gasteiger partial charge in [0.25, 0.3) is 0 Å². The lowest BCUT2D eigenvalue weighted by molar-refractivity contribution is -0.00317. The Morgan fingerprint density at radius 2 is 1.06 bits per heavy atom. The molecule has 104 valence electrons. The third kappa shape index (κ3) is 5.97. The van der Waals surface area contributed by atoms with Gasteiger partial charge in [0.15, 0.2) is 0 Å². The fourth-order valence-electron chi connectivity index (χ4n) is 1.56. The van der Waals surface area contributed by atoms with Crippen molar-refractivity contribution in [2.75, 3.05) is 6.54 Å². The lowest BCUT2D eigenvalue weighted by Gasteiger charge is -2.38. The van der Waals surface area contributed by atoms with Crippen molar-refractivity contribution in [3.05, 3.63) is 0 Å². The average molecular weight is 263 g/mol. The Labute approximate surface area is 107 Å². The molecule has 0 saturated carbocycles. The van der Waals surface area contributed by atoms with Gasteiger partial charge in [-0.1, -0.05) is 6.92 Å². The van der Waals surface area contributed by atoms with Gasteiger partial charge < -0.3 is 19.0 Å². The van der Waals surface area contributed by atoms with E-state index in [1.807, 2.05) is 48.5 Å². The smallest absolute Gasteiger partial charge is 0.371 e. The van der Waals surface area contributed by atoms with Gasteiger partial charge in [-0.05, 0) is 48.1 Å². The predicted molar refractivity (Wildman–Crippen MR) is 72.9 cm³/mol. The zero-order valence-electron chi connectivity index (χ0n) is 12.3. The van der Waals surface area contributed by atoms with Crippen LogP contribution in [0.1, 0.15) is 48.5 Å². The second-order valence-electron chi connectivity index (χ2n) is 5.24. The van der Waals surface area contributed by atoms with Gasteiger partial charge in [-0.15, -0.1) is 0 Å². The van der Waals surface area contributed by atoms with Crippen molar-refractivity contribution in [1.82, 2.24) is 0 Å². The van der Waals surface area contributed by atoms with E-state index in [2.05, 4.69) is 0 Å². The van der Waals surface area contributed by atoms with Crippen LogP contribution in [0.2, 0.25) is 5.54 Å². The molecule has 0 aliphatic heterocycles. The highest BCUT2D eigenvalue weighted by Gasteiger charge is 2.49. The molecule has 0 bridgehead atoms. The molecule has 0 aliphatic carbocycles. The van der Waals surface area contributed by atoms with Crippen molar-refractivity contribution in [2.24, 2.45) is 5.73 Å². The minimum atomic E-state index is -2.71. The van der Waals surface area contributed by atoms with Crippen LogP contribution in [0.25, 0.3) is 0 Å². The minimum absolute atomic E-state index is 0.0770. The summed E-state index contributed by atoms with van der Waals surface area (Å²) >= 11 is 0. The molecule has 5 heteroatoms. The van der Waals surface area contributed by atoms with E-state index in [1.54, 1.807) is 0 Å². The highest BCUT2D eigenvalue weighted by atomic mass is 28.4. The molecule has 0 aromatic heterocycles. The molecule has 0 aromatic rings. The van der Waals surface area contributed by atoms with E-state index in [9.17, 15) is 0 Å². The monoisotopic (exact) mass is 263 g/mol. The van der Waals surface area contributed by atoms with Gasteiger partial charge in [0.2, 0.25) is 0 Å². The van der Waals surface area contributed by atoms with Crippen LogP contribution >= 0.6 is 0 Å². The van der Waals surface area contributed by atoms with Gasteiger partial charge in [-0.3, -0.25) is 0 Å². The van der Waals surface area contributed by atoms with E-state index < -0.39 is 8.80 Å². The first-order valence-corrected chi connectivity index (χ1v) is 8.27. The van der Waals surface area contributed by atoms with Crippen molar-refractivity contribution in [2.45, 2.75) is 72.3 Å². The lowest BCUT2D eigenvalue weighted by Crippen LogP contribution is -2.55. The number of hydrogen-bond donors (Lipinski definition) is 1. The normalized spacial score (nSPS) is 15.0. The summed E-state index contributed by atoms with van der Waals surface area (Å²) in [4.78, 5) is 0. The Morgan fingerprint density at radius 3 is 1.24 bits per heavy atom. The van der Waals surface area contributed by atoms with Crippen molar-refractivity contribution >= 4 is 8.80 Å². The summed E-state index contributed by atoms with van der Waals surface area (Å²) in [6.45, 7) is 14.5. The number of hydrogen-bond acceptors (Lipinski definition) is 4. The number of nitrogens with two attached hydrogens (primary N) is 1. The molecule has 2 N–H and O–H groups in total. The summed E-state index contributed by atoms with van der Waals surface area (Å²) in [6, 6.07) is 0. The molecule has 0 rings (SSSR count). The molecule has 0 amide bonds. The lowest BCUT2D eigenvalue weighted by atomic mass is 10.5. The molecule has 0 aromatic carbocycles. The Hall–Kier alpha value is 0.0569. The van der Waals surface area contributed by atoms with E-state index in [1.165, 1.54) is 0 Å². The van der Waals surface area contributed by atoms with Crippen molar-refractivity contribution in [3.8, 4) is 0 Å². The van der Waals surface area contributed by atoms with Gasteiger partial charge >= 0.3 is 8.80 Å². The van der Waals surface area contributed by atoms with Crippen molar-refractivity contribution < 1.29 is 13.3 Å². The molecular formula is C12H29NO3Si. The van der Waals surface area contributed by atoms with Crippen LogP contribution in [0.3, 0.4) is 0 Å². The third-order valence-corrected chi connectivity index (χ3v) is 6.00. The molecule has 0 aliphatic rings. The largest absolute Gasteiger partial charge is 0.505 e. The summed E-state index contributed by atoms with van der Waals surface area (Å²) in [5.74, 6) is 0. The van der Waals surface area contributed by atoms with Crippen LogP contribution in [0.4, 0.5) is 0 Å². The Bertz CT molecular complexity index is 183. The summed E-state index contributed by atoms with van der Waals surface area (Å²) in [5, 5.41) is 0. The second-order valence-corrected chi connectivity index (χ2v) is 8.14. The maximum atomic E-state index is 6.03. The third-order valence-electron chi connectivity index (χ3n) is 2.16. The summed E-state index contributed by atoms with van der Waals surface area (Å²) in [6.07, 6.45) is 0.231. The van der Waals surface area contributed by atoms with Crippen LogP contribution in [0.15, 0.2) is 0 Å². The molecule has 0 fully saturated rings. The Kier molecular flexibility index (Phi) is 7.51. The van der Waals surface area contributed by atoms with Gasteiger partial charge in [-0.2, -0.15) is 0 Å². The highest BCUT2D eigenvalue weighted by Crippen LogP contribution is 2.28. The topological polar surface area (TPSA) is 53.7 Å². The molecule has 17 heavy (non-hydrogen) atoms. The molecule has 0 radical (unpaired) electrons.